The van der Waals surface area contributed by atoms with Crippen LogP contribution in [-0.2, 0) is 26.3 Å². The zero-order valence-corrected chi connectivity index (χ0v) is 16.2. The lowest BCUT2D eigenvalue weighted by Crippen LogP contribution is -2.35. The zero-order valence-electron chi connectivity index (χ0n) is 14.6. The summed E-state index contributed by atoms with van der Waals surface area (Å²) in [7, 11) is -2.46. The summed E-state index contributed by atoms with van der Waals surface area (Å²) < 4.78 is 41.2. The van der Waals surface area contributed by atoms with Crippen LogP contribution in [0.15, 0.2) is 24.3 Å². The largest absolute Gasteiger partial charge is 0.497 e. The van der Waals surface area contributed by atoms with Crippen LogP contribution in [0.1, 0.15) is 32.3 Å². The molecule has 1 aromatic rings. The lowest BCUT2D eigenvalue weighted by molar-refractivity contribution is -0.127. The Morgan fingerprint density at radius 2 is 1.88 bits per heavy atom. The number of aldehydes is 1. The molecule has 0 saturated carbocycles. The number of carbonyl (C=O) groups is 1. The summed E-state index contributed by atoms with van der Waals surface area (Å²) in [6.07, 6.45) is 0.515. The SMILES string of the molecule is COc1ccc(CO[C@@H](C=O)C(C)(C)CC(Cl)CCS(=O)(=O)O)cc1. The molecule has 0 fully saturated rings. The molecular weight excluding hydrogens is 368 g/mol. The number of methoxy groups -OCH3 is 1. The van der Waals surface area contributed by atoms with Crippen LogP contribution in [0, 0.1) is 5.41 Å². The Balaban J connectivity index is 2.61. The summed E-state index contributed by atoms with van der Waals surface area (Å²) in [5.74, 6) is 0.329. The maximum atomic E-state index is 11.4. The van der Waals surface area contributed by atoms with Crippen LogP contribution in [0.3, 0.4) is 0 Å². The number of benzene rings is 1. The normalized spacial score (nSPS) is 14.8. The molecule has 1 unspecified atom stereocenters. The van der Waals surface area contributed by atoms with Gasteiger partial charge in [-0.25, -0.2) is 0 Å². The van der Waals surface area contributed by atoms with Crippen molar-refractivity contribution in [1.29, 1.82) is 0 Å². The van der Waals surface area contributed by atoms with Gasteiger partial charge in [0.1, 0.15) is 18.1 Å². The van der Waals surface area contributed by atoms with E-state index in [1.165, 1.54) is 0 Å². The monoisotopic (exact) mass is 392 g/mol. The Kier molecular flexibility index (Phi) is 8.34. The van der Waals surface area contributed by atoms with Crippen molar-refractivity contribution in [2.75, 3.05) is 12.9 Å². The highest BCUT2D eigenvalue weighted by molar-refractivity contribution is 7.85. The minimum atomic E-state index is -4.05. The van der Waals surface area contributed by atoms with Crippen molar-refractivity contribution in [3.05, 3.63) is 29.8 Å². The lowest BCUT2D eigenvalue weighted by atomic mass is 9.82. The number of ether oxygens (including phenoxy) is 2. The third-order valence-corrected chi connectivity index (χ3v) is 5.04. The predicted molar refractivity (Wildman–Crippen MR) is 96.7 cm³/mol. The Morgan fingerprint density at radius 3 is 2.36 bits per heavy atom. The first-order chi connectivity index (χ1) is 11.6. The van der Waals surface area contributed by atoms with E-state index in [2.05, 4.69) is 0 Å². The fourth-order valence-electron chi connectivity index (χ4n) is 2.42. The average Bonchev–Trinajstić information content (AvgIpc) is 2.53. The Morgan fingerprint density at radius 1 is 1.28 bits per heavy atom. The second-order valence-corrected chi connectivity index (χ2v) is 8.77. The second-order valence-electron chi connectivity index (χ2n) is 6.58. The van der Waals surface area contributed by atoms with Crippen LogP contribution in [0.25, 0.3) is 0 Å². The van der Waals surface area contributed by atoms with Crippen molar-refractivity contribution in [3.63, 3.8) is 0 Å². The average molecular weight is 393 g/mol. The fourth-order valence-corrected chi connectivity index (χ4v) is 3.64. The van der Waals surface area contributed by atoms with Gasteiger partial charge in [0.2, 0.25) is 0 Å². The van der Waals surface area contributed by atoms with Crippen LogP contribution >= 0.6 is 11.6 Å². The minimum Gasteiger partial charge on any atom is -0.497 e. The molecule has 0 aromatic heterocycles. The first-order valence-electron chi connectivity index (χ1n) is 7.86. The molecule has 0 aliphatic rings. The van der Waals surface area contributed by atoms with E-state index < -0.39 is 32.8 Å². The zero-order chi connectivity index (χ0) is 19.1. The second kappa shape index (κ2) is 9.52. The first kappa shape index (κ1) is 21.9. The van der Waals surface area contributed by atoms with E-state index in [0.29, 0.717) is 6.42 Å². The lowest BCUT2D eigenvalue weighted by Gasteiger charge is -2.32. The van der Waals surface area contributed by atoms with E-state index in [0.717, 1.165) is 17.6 Å². The molecule has 0 aliphatic heterocycles. The maximum Gasteiger partial charge on any atom is 0.264 e. The molecule has 0 amide bonds. The molecule has 0 spiro atoms. The molecule has 6 nitrogen and oxygen atoms in total. The van der Waals surface area contributed by atoms with Gasteiger partial charge in [-0.15, -0.1) is 11.6 Å². The van der Waals surface area contributed by atoms with Gasteiger partial charge in [0.05, 0.1) is 19.5 Å². The summed E-state index contributed by atoms with van der Waals surface area (Å²) in [6, 6.07) is 7.32. The van der Waals surface area contributed by atoms with E-state index in [1.807, 2.05) is 38.1 Å². The van der Waals surface area contributed by atoms with Gasteiger partial charge in [0, 0.05) is 5.38 Å². The summed E-state index contributed by atoms with van der Waals surface area (Å²) in [4.78, 5) is 11.4. The highest BCUT2D eigenvalue weighted by Crippen LogP contribution is 2.32. The van der Waals surface area contributed by atoms with Crippen LogP contribution in [-0.4, -0.2) is 43.6 Å². The Labute approximate surface area is 154 Å². The fraction of sp³-hybridized carbons (Fsp3) is 0.588. The molecule has 0 bridgehead atoms. The summed E-state index contributed by atoms with van der Waals surface area (Å²) in [5, 5.41) is -0.496. The highest BCUT2D eigenvalue weighted by Gasteiger charge is 2.32. The van der Waals surface area contributed by atoms with Gasteiger partial charge in [-0.2, -0.15) is 8.42 Å². The molecule has 0 saturated heterocycles. The number of halogens is 1. The van der Waals surface area contributed by atoms with E-state index >= 15 is 0 Å². The number of rotatable bonds is 11. The maximum absolute atomic E-state index is 11.4. The molecule has 1 aromatic carbocycles. The summed E-state index contributed by atoms with van der Waals surface area (Å²) in [6.45, 7) is 3.93. The summed E-state index contributed by atoms with van der Waals surface area (Å²) >= 11 is 6.16. The van der Waals surface area contributed by atoms with E-state index in [9.17, 15) is 13.2 Å². The van der Waals surface area contributed by atoms with Crippen molar-refractivity contribution in [3.8, 4) is 5.75 Å². The van der Waals surface area contributed by atoms with Crippen molar-refractivity contribution in [2.24, 2.45) is 5.41 Å². The van der Waals surface area contributed by atoms with Gasteiger partial charge in [-0.3, -0.25) is 4.55 Å². The summed E-state index contributed by atoms with van der Waals surface area (Å²) in [5.41, 5.74) is 0.317. The third kappa shape index (κ3) is 8.18. The third-order valence-electron chi connectivity index (χ3n) is 3.92. The van der Waals surface area contributed by atoms with E-state index in [4.69, 9.17) is 25.6 Å². The molecule has 0 heterocycles. The van der Waals surface area contributed by atoms with Crippen molar-refractivity contribution in [2.45, 2.75) is 44.8 Å². The molecule has 2 atom stereocenters. The molecule has 0 aliphatic carbocycles. The quantitative estimate of drug-likeness (QED) is 0.353. The first-order valence-corrected chi connectivity index (χ1v) is 9.91. The van der Waals surface area contributed by atoms with Gasteiger partial charge >= 0.3 is 0 Å². The molecule has 142 valence electrons. The van der Waals surface area contributed by atoms with Crippen LogP contribution in [0.5, 0.6) is 5.75 Å². The van der Waals surface area contributed by atoms with Gasteiger partial charge in [0.25, 0.3) is 10.1 Å². The molecular formula is C17H25ClO6S. The minimum absolute atomic E-state index is 0.105. The number of carbonyl (C=O) groups excluding carboxylic acids is 1. The van der Waals surface area contributed by atoms with Gasteiger partial charge in [-0.1, -0.05) is 26.0 Å². The van der Waals surface area contributed by atoms with Crippen molar-refractivity contribution >= 4 is 28.0 Å². The standard InChI is InChI=1S/C17H25ClO6S/c1-17(2,10-14(18)8-9-25(20,21)22)16(11-19)24-12-13-4-6-15(23-3)7-5-13/h4-7,11,14,16H,8-10,12H2,1-3H3,(H,20,21,22)/t14?,16-/m0/s1. The van der Waals surface area contributed by atoms with Crippen molar-refractivity contribution in [1.82, 2.24) is 0 Å². The van der Waals surface area contributed by atoms with E-state index in [-0.39, 0.29) is 13.0 Å². The van der Waals surface area contributed by atoms with Gasteiger partial charge in [-0.05, 0) is 36.0 Å². The predicted octanol–water partition coefficient (Wildman–Crippen LogP) is 3.08. The number of alkyl halides is 1. The van der Waals surface area contributed by atoms with E-state index in [1.54, 1.807) is 7.11 Å². The van der Waals surface area contributed by atoms with Gasteiger partial charge in [0.15, 0.2) is 0 Å². The van der Waals surface area contributed by atoms with Gasteiger partial charge < -0.3 is 14.3 Å². The Hall–Kier alpha value is -1.15. The van der Waals surface area contributed by atoms with Crippen LogP contribution < -0.4 is 4.74 Å². The van der Waals surface area contributed by atoms with Crippen LogP contribution in [0.4, 0.5) is 0 Å². The molecule has 1 rings (SSSR count). The molecule has 25 heavy (non-hydrogen) atoms. The topological polar surface area (TPSA) is 89.9 Å². The smallest absolute Gasteiger partial charge is 0.264 e. The Bertz CT molecular complexity index is 642. The number of hydrogen-bond donors (Lipinski definition) is 1. The number of hydrogen-bond acceptors (Lipinski definition) is 5. The van der Waals surface area contributed by atoms with Crippen LogP contribution in [0.2, 0.25) is 0 Å². The molecule has 8 heteroatoms. The van der Waals surface area contributed by atoms with Crippen molar-refractivity contribution < 1.29 is 27.2 Å². The highest BCUT2D eigenvalue weighted by atomic mass is 35.5. The molecule has 1 N–H and O–H groups in total. The molecule has 0 radical (unpaired) electrons.